The Morgan fingerprint density at radius 3 is 2.49 bits per heavy atom. The SMILES string of the molecule is CC(C)(C)OC(=O)C1CCN(C2CC(C(=O)Nc3cc(Nc4cc(-c5cc(Cl)ccc5F)nnc4CO)ncn3)C2)CC1. The average Bonchev–Trinajstić information content (AvgIpc) is 2.93. The molecule has 0 spiro atoms. The molecule has 1 saturated carbocycles. The summed E-state index contributed by atoms with van der Waals surface area (Å²) in [6.45, 7) is 6.86. The summed E-state index contributed by atoms with van der Waals surface area (Å²) in [6, 6.07) is 7.54. The quantitative estimate of drug-likeness (QED) is 0.306. The second kappa shape index (κ2) is 12.9. The average molecular weight is 612 g/mol. The van der Waals surface area contributed by atoms with Gasteiger partial charge < -0.3 is 25.4 Å². The van der Waals surface area contributed by atoms with Crippen LogP contribution >= 0.6 is 11.6 Å². The number of carbonyl (C=O) groups is 2. The van der Waals surface area contributed by atoms with Crippen molar-refractivity contribution in [1.29, 1.82) is 0 Å². The van der Waals surface area contributed by atoms with Gasteiger partial charge in [0.1, 0.15) is 35.1 Å². The lowest BCUT2D eigenvalue weighted by Crippen LogP contribution is -2.51. The van der Waals surface area contributed by atoms with Gasteiger partial charge >= 0.3 is 5.97 Å². The first-order valence-electron chi connectivity index (χ1n) is 14.3. The number of piperidine rings is 1. The monoisotopic (exact) mass is 611 g/mol. The highest BCUT2D eigenvalue weighted by molar-refractivity contribution is 6.30. The lowest BCUT2D eigenvalue weighted by Gasteiger charge is -2.44. The van der Waals surface area contributed by atoms with Gasteiger partial charge in [0.25, 0.3) is 0 Å². The Labute approximate surface area is 254 Å². The Morgan fingerprint density at radius 2 is 1.79 bits per heavy atom. The van der Waals surface area contributed by atoms with Crippen molar-refractivity contribution in [3.05, 3.63) is 53.2 Å². The van der Waals surface area contributed by atoms with Crippen LogP contribution in [-0.2, 0) is 20.9 Å². The molecule has 2 aliphatic rings. The van der Waals surface area contributed by atoms with E-state index in [9.17, 15) is 19.1 Å². The molecule has 11 nitrogen and oxygen atoms in total. The maximum atomic E-state index is 14.4. The van der Waals surface area contributed by atoms with E-state index in [1.807, 2.05) is 20.8 Å². The molecular formula is C30H35ClFN7O4. The summed E-state index contributed by atoms with van der Waals surface area (Å²) in [6.07, 6.45) is 4.31. The number of ether oxygens (including phenoxy) is 1. The van der Waals surface area contributed by atoms with Gasteiger partial charge in [-0.25, -0.2) is 14.4 Å². The van der Waals surface area contributed by atoms with Crippen molar-refractivity contribution in [2.45, 2.75) is 64.7 Å². The summed E-state index contributed by atoms with van der Waals surface area (Å²) < 4.78 is 20.0. The van der Waals surface area contributed by atoms with Crippen LogP contribution in [0.25, 0.3) is 11.3 Å². The molecule has 0 radical (unpaired) electrons. The first-order valence-corrected chi connectivity index (χ1v) is 14.7. The molecule has 5 rings (SSSR count). The van der Waals surface area contributed by atoms with Crippen LogP contribution in [0.2, 0.25) is 5.02 Å². The topological polar surface area (TPSA) is 142 Å². The van der Waals surface area contributed by atoms with Gasteiger partial charge in [-0.05, 0) is 83.8 Å². The Morgan fingerprint density at radius 1 is 1.07 bits per heavy atom. The highest BCUT2D eigenvalue weighted by Gasteiger charge is 2.40. The highest BCUT2D eigenvalue weighted by Crippen LogP contribution is 2.35. The van der Waals surface area contributed by atoms with Crippen molar-refractivity contribution in [1.82, 2.24) is 25.1 Å². The number of anilines is 3. The highest BCUT2D eigenvalue weighted by atomic mass is 35.5. The van der Waals surface area contributed by atoms with Crippen LogP contribution in [0.4, 0.5) is 21.7 Å². The molecule has 3 heterocycles. The molecule has 2 fully saturated rings. The number of halogens is 2. The number of aliphatic hydroxyl groups excluding tert-OH is 1. The van der Waals surface area contributed by atoms with E-state index in [1.165, 1.54) is 24.5 Å². The molecule has 43 heavy (non-hydrogen) atoms. The molecular weight excluding hydrogens is 577 g/mol. The van der Waals surface area contributed by atoms with Crippen molar-refractivity contribution >= 4 is 40.8 Å². The molecule has 3 aromatic rings. The lowest BCUT2D eigenvalue weighted by molar-refractivity contribution is -0.162. The number of nitrogens with one attached hydrogen (secondary N) is 2. The molecule has 1 amide bonds. The normalized spacial score (nSPS) is 19.4. The Balaban J connectivity index is 1.16. The van der Waals surface area contributed by atoms with E-state index < -0.39 is 18.0 Å². The number of esters is 1. The number of rotatable bonds is 8. The molecule has 0 bridgehead atoms. The smallest absolute Gasteiger partial charge is 0.309 e. The largest absolute Gasteiger partial charge is 0.460 e. The van der Waals surface area contributed by atoms with Crippen LogP contribution in [0.15, 0.2) is 36.7 Å². The molecule has 3 N–H and O–H groups in total. The van der Waals surface area contributed by atoms with Crippen LogP contribution in [0.1, 0.15) is 52.1 Å². The predicted molar refractivity (Wildman–Crippen MR) is 159 cm³/mol. The van der Waals surface area contributed by atoms with Crippen molar-refractivity contribution < 1.29 is 23.8 Å². The summed E-state index contributed by atoms with van der Waals surface area (Å²) in [4.78, 5) is 36.1. The minimum atomic E-state index is -0.517. The third-order valence-electron chi connectivity index (χ3n) is 7.68. The molecule has 1 aliphatic heterocycles. The lowest BCUT2D eigenvalue weighted by atomic mass is 9.77. The molecule has 1 saturated heterocycles. The Hall–Kier alpha value is -3.74. The Bertz CT molecular complexity index is 1490. The number of aromatic nitrogens is 4. The molecule has 228 valence electrons. The zero-order chi connectivity index (χ0) is 30.7. The van der Waals surface area contributed by atoms with Crippen LogP contribution in [-0.4, -0.2) is 66.8 Å². The fourth-order valence-corrected chi connectivity index (χ4v) is 5.49. The summed E-state index contributed by atoms with van der Waals surface area (Å²) in [5.74, 6) is -0.318. The van der Waals surface area contributed by atoms with Crippen LogP contribution in [0, 0.1) is 17.7 Å². The fourth-order valence-electron chi connectivity index (χ4n) is 5.31. The molecule has 0 unspecified atom stereocenters. The van der Waals surface area contributed by atoms with Crippen molar-refractivity contribution in [2.24, 2.45) is 11.8 Å². The van der Waals surface area contributed by atoms with Gasteiger partial charge in [-0.15, -0.1) is 5.10 Å². The number of benzene rings is 1. The number of aliphatic hydroxyl groups is 1. The van der Waals surface area contributed by atoms with Gasteiger partial charge in [-0.3, -0.25) is 9.59 Å². The van der Waals surface area contributed by atoms with Crippen molar-refractivity contribution in [3.8, 4) is 11.3 Å². The van der Waals surface area contributed by atoms with Crippen LogP contribution in [0.5, 0.6) is 0 Å². The standard InChI is InChI=1S/C30H35ClFN7O4/c1-30(2,3)43-29(42)17-6-8-39(9-7-17)20-10-18(11-20)28(41)36-27-14-26(33-16-34-27)35-24-13-23(37-38-25(24)15-40)21-12-19(31)4-5-22(21)32/h4-5,12-14,16-18,20,40H,6-11,15H2,1-3H3,(H2,33,34,35,36,37,41). The van der Waals surface area contributed by atoms with Crippen molar-refractivity contribution in [3.63, 3.8) is 0 Å². The first kappa shape index (κ1) is 30.7. The van der Waals surface area contributed by atoms with Gasteiger partial charge in [-0.2, -0.15) is 5.10 Å². The Kier molecular flexibility index (Phi) is 9.19. The van der Waals surface area contributed by atoms with Crippen LogP contribution < -0.4 is 10.6 Å². The third-order valence-corrected chi connectivity index (χ3v) is 7.91. The minimum Gasteiger partial charge on any atom is -0.460 e. The zero-order valence-electron chi connectivity index (χ0n) is 24.3. The fraction of sp³-hybridized carbons (Fsp3) is 0.467. The summed E-state index contributed by atoms with van der Waals surface area (Å²) >= 11 is 6.03. The van der Waals surface area contributed by atoms with Gasteiger partial charge in [0.2, 0.25) is 5.91 Å². The molecule has 2 aromatic heterocycles. The van der Waals surface area contributed by atoms with Crippen molar-refractivity contribution in [2.75, 3.05) is 23.7 Å². The molecule has 1 aliphatic carbocycles. The number of hydrogen-bond acceptors (Lipinski definition) is 10. The number of carbonyl (C=O) groups excluding carboxylic acids is 2. The zero-order valence-corrected chi connectivity index (χ0v) is 25.1. The van der Waals surface area contributed by atoms with E-state index in [2.05, 4.69) is 35.7 Å². The van der Waals surface area contributed by atoms with E-state index in [-0.39, 0.29) is 40.7 Å². The number of hydrogen-bond donors (Lipinski definition) is 3. The third kappa shape index (κ3) is 7.62. The van der Waals surface area contributed by atoms with Crippen LogP contribution in [0.3, 0.4) is 0 Å². The maximum absolute atomic E-state index is 14.4. The molecule has 0 atom stereocenters. The minimum absolute atomic E-state index is 0.0730. The van der Waals surface area contributed by atoms with E-state index in [0.717, 1.165) is 38.8 Å². The van der Waals surface area contributed by atoms with Gasteiger partial charge in [0.05, 0.1) is 23.9 Å². The molecule has 13 heteroatoms. The first-order chi connectivity index (χ1) is 20.5. The molecule has 1 aromatic carbocycles. The number of nitrogens with zero attached hydrogens (tertiary/aromatic N) is 5. The maximum Gasteiger partial charge on any atom is 0.309 e. The summed E-state index contributed by atoms with van der Waals surface area (Å²) in [5, 5.41) is 24.1. The summed E-state index contributed by atoms with van der Waals surface area (Å²) in [7, 11) is 0. The van der Waals surface area contributed by atoms with Gasteiger partial charge in [-0.1, -0.05) is 11.6 Å². The number of likely N-dealkylation sites (tertiary alicyclic amines) is 1. The summed E-state index contributed by atoms with van der Waals surface area (Å²) in [5.41, 5.74) is 0.486. The van der Waals surface area contributed by atoms with E-state index in [4.69, 9.17) is 16.3 Å². The van der Waals surface area contributed by atoms with Gasteiger partial charge in [0, 0.05) is 28.6 Å². The van der Waals surface area contributed by atoms with E-state index in [1.54, 1.807) is 12.1 Å². The second-order valence-corrected chi connectivity index (χ2v) is 12.4. The predicted octanol–water partition coefficient (Wildman–Crippen LogP) is 4.73. The van der Waals surface area contributed by atoms with E-state index in [0.29, 0.717) is 28.4 Å². The second-order valence-electron chi connectivity index (χ2n) is 11.9. The number of amides is 1. The van der Waals surface area contributed by atoms with E-state index >= 15 is 0 Å². The van der Waals surface area contributed by atoms with Gasteiger partial charge in [0.15, 0.2) is 0 Å².